The highest BCUT2D eigenvalue weighted by molar-refractivity contribution is 5.96. The van der Waals surface area contributed by atoms with E-state index in [1.807, 2.05) is 6.92 Å². The molecule has 4 heteroatoms. The first-order chi connectivity index (χ1) is 6.49. The van der Waals surface area contributed by atoms with Crippen molar-refractivity contribution in [3.05, 3.63) is 12.7 Å². The lowest BCUT2D eigenvalue weighted by Gasteiger charge is -2.38. The van der Waals surface area contributed by atoms with Gasteiger partial charge in [-0.3, -0.25) is 9.59 Å². The van der Waals surface area contributed by atoms with Gasteiger partial charge in [0.2, 0.25) is 11.8 Å². The highest BCUT2D eigenvalue weighted by atomic mass is 16.2. The number of rotatable bonds is 2. The number of nitrogens with zero attached hydrogens (tertiary/aromatic N) is 1. The Balaban J connectivity index is 2.93. The van der Waals surface area contributed by atoms with Crippen molar-refractivity contribution < 1.29 is 9.59 Å². The van der Waals surface area contributed by atoms with Crippen LogP contribution in [0.25, 0.3) is 0 Å². The normalized spacial score (nSPS) is 29.8. The van der Waals surface area contributed by atoms with Crippen LogP contribution in [0.5, 0.6) is 0 Å². The Kier molecular flexibility index (Phi) is 2.93. The van der Waals surface area contributed by atoms with Crippen LogP contribution in [0, 0.1) is 0 Å². The standard InChI is InChI=1S/C10H16N2O2/c1-5-6(2)12-8(4)9(13)11-7(3)10(12)14/h5-8H,1H2,2-4H3,(H,11,13). The van der Waals surface area contributed by atoms with Crippen LogP contribution in [-0.4, -0.2) is 34.8 Å². The van der Waals surface area contributed by atoms with Gasteiger partial charge in [-0.2, -0.15) is 0 Å². The van der Waals surface area contributed by atoms with E-state index in [0.29, 0.717) is 0 Å². The van der Waals surface area contributed by atoms with Gasteiger partial charge in [0.25, 0.3) is 0 Å². The van der Waals surface area contributed by atoms with Crippen LogP contribution in [0.3, 0.4) is 0 Å². The van der Waals surface area contributed by atoms with Gasteiger partial charge in [-0.15, -0.1) is 6.58 Å². The fourth-order valence-electron chi connectivity index (χ4n) is 1.60. The van der Waals surface area contributed by atoms with E-state index in [0.717, 1.165) is 0 Å². The van der Waals surface area contributed by atoms with Crippen molar-refractivity contribution in [1.29, 1.82) is 0 Å². The van der Waals surface area contributed by atoms with Crippen LogP contribution in [0.2, 0.25) is 0 Å². The molecule has 1 heterocycles. The molecule has 1 N–H and O–H groups in total. The average molecular weight is 196 g/mol. The Morgan fingerprint density at radius 2 is 2.07 bits per heavy atom. The molecule has 0 spiro atoms. The summed E-state index contributed by atoms with van der Waals surface area (Å²) in [5.74, 6) is -0.157. The average Bonchev–Trinajstić information content (AvgIpc) is 2.15. The topological polar surface area (TPSA) is 49.4 Å². The van der Waals surface area contributed by atoms with E-state index >= 15 is 0 Å². The minimum absolute atomic E-state index is 0.0514. The smallest absolute Gasteiger partial charge is 0.246 e. The minimum Gasteiger partial charge on any atom is -0.343 e. The second-order valence-corrected chi connectivity index (χ2v) is 3.63. The molecule has 2 amide bonds. The van der Waals surface area contributed by atoms with Crippen molar-refractivity contribution in [2.45, 2.75) is 38.9 Å². The van der Waals surface area contributed by atoms with Gasteiger partial charge < -0.3 is 10.2 Å². The predicted molar refractivity (Wildman–Crippen MR) is 53.6 cm³/mol. The van der Waals surface area contributed by atoms with E-state index in [1.165, 1.54) is 0 Å². The molecule has 0 aromatic rings. The summed E-state index contributed by atoms with van der Waals surface area (Å²) in [7, 11) is 0. The molecule has 1 fully saturated rings. The molecule has 0 aliphatic carbocycles. The number of piperazine rings is 1. The van der Waals surface area contributed by atoms with Crippen LogP contribution in [0.15, 0.2) is 12.7 Å². The third kappa shape index (κ3) is 1.64. The first-order valence-electron chi connectivity index (χ1n) is 4.74. The lowest BCUT2D eigenvalue weighted by atomic mass is 10.1. The Morgan fingerprint density at radius 1 is 1.50 bits per heavy atom. The van der Waals surface area contributed by atoms with Crippen LogP contribution < -0.4 is 5.32 Å². The number of carbonyl (C=O) groups is 2. The van der Waals surface area contributed by atoms with Gasteiger partial charge in [-0.05, 0) is 20.8 Å². The number of carbonyl (C=O) groups excluding carboxylic acids is 2. The molecule has 0 radical (unpaired) electrons. The number of amides is 2. The molecule has 14 heavy (non-hydrogen) atoms. The Hall–Kier alpha value is -1.32. The van der Waals surface area contributed by atoms with Gasteiger partial charge in [0.15, 0.2) is 0 Å². The first kappa shape index (κ1) is 10.8. The summed E-state index contributed by atoms with van der Waals surface area (Å²) in [5, 5.41) is 2.62. The molecule has 3 unspecified atom stereocenters. The zero-order valence-corrected chi connectivity index (χ0v) is 8.78. The van der Waals surface area contributed by atoms with Crippen LogP contribution in [0.4, 0.5) is 0 Å². The molecule has 0 saturated carbocycles. The summed E-state index contributed by atoms with van der Waals surface area (Å²) in [4.78, 5) is 24.8. The third-order valence-electron chi connectivity index (χ3n) is 2.56. The SMILES string of the molecule is C=CC(C)N1C(=O)C(C)NC(=O)C1C. The van der Waals surface area contributed by atoms with E-state index in [9.17, 15) is 9.59 Å². The molecular formula is C10H16N2O2. The molecule has 4 nitrogen and oxygen atoms in total. The fourth-order valence-corrected chi connectivity index (χ4v) is 1.60. The maximum atomic E-state index is 11.7. The molecule has 1 aliphatic rings. The second-order valence-electron chi connectivity index (χ2n) is 3.63. The predicted octanol–water partition coefficient (Wildman–Crippen LogP) is 0.296. The van der Waals surface area contributed by atoms with Crippen molar-refractivity contribution >= 4 is 11.8 Å². The monoisotopic (exact) mass is 196 g/mol. The lowest BCUT2D eigenvalue weighted by molar-refractivity contribution is -0.149. The van der Waals surface area contributed by atoms with Crippen molar-refractivity contribution in [3.63, 3.8) is 0 Å². The third-order valence-corrected chi connectivity index (χ3v) is 2.56. The highest BCUT2D eigenvalue weighted by Crippen LogP contribution is 2.13. The lowest BCUT2D eigenvalue weighted by Crippen LogP contribution is -2.63. The molecule has 1 aliphatic heterocycles. The van der Waals surface area contributed by atoms with E-state index in [4.69, 9.17) is 0 Å². The zero-order chi connectivity index (χ0) is 10.9. The van der Waals surface area contributed by atoms with Gasteiger partial charge in [0.05, 0.1) is 0 Å². The Labute approximate surface area is 84.0 Å². The quantitative estimate of drug-likeness (QED) is 0.646. The van der Waals surface area contributed by atoms with Crippen molar-refractivity contribution in [2.75, 3.05) is 0 Å². The van der Waals surface area contributed by atoms with Gasteiger partial charge in [-0.25, -0.2) is 0 Å². The highest BCUT2D eigenvalue weighted by Gasteiger charge is 2.37. The second kappa shape index (κ2) is 3.82. The van der Waals surface area contributed by atoms with E-state index in [-0.39, 0.29) is 17.9 Å². The Bertz CT molecular complexity index is 275. The molecule has 3 atom stereocenters. The maximum Gasteiger partial charge on any atom is 0.246 e. The van der Waals surface area contributed by atoms with Gasteiger partial charge in [-0.1, -0.05) is 6.08 Å². The summed E-state index contributed by atoms with van der Waals surface area (Å²) >= 11 is 0. The molecule has 0 aromatic carbocycles. The molecule has 78 valence electrons. The number of nitrogens with one attached hydrogen (secondary N) is 1. The molecule has 1 rings (SSSR count). The van der Waals surface area contributed by atoms with Crippen LogP contribution in [-0.2, 0) is 9.59 Å². The van der Waals surface area contributed by atoms with Crippen LogP contribution >= 0.6 is 0 Å². The summed E-state index contributed by atoms with van der Waals surface area (Å²) in [5.41, 5.74) is 0. The van der Waals surface area contributed by atoms with Crippen molar-refractivity contribution in [1.82, 2.24) is 10.2 Å². The van der Waals surface area contributed by atoms with Crippen molar-refractivity contribution in [3.8, 4) is 0 Å². The number of hydrogen-bond donors (Lipinski definition) is 1. The maximum absolute atomic E-state index is 11.7. The summed E-state index contributed by atoms with van der Waals surface area (Å²) < 4.78 is 0. The van der Waals surface area contributed by atoms with E-state index < -0.39 is 12.1 Å². The van der Waals surface area contributed by atoms with E-state index in [2.05, 4.69) is 11.9 Å². The van der Waals surface area contributed by atoms with Gasteiger partial charge in [0.1, 0.15) is 12.1 Å². The minimum atomic E-state index is -0.430. The Morgan fingerprint density at radius 3 is 2.57 bits per heavy atom. The molecule has 0 aromatic heterocycles. The van der Waals surface area contributed by atoms with Crippen LogP contribution in [0.1, 0.15) is 20.8 Å². The van der Waals surface area contributed by atoms with E-state index in [1.54, 1.807) is 24.8 Å². The van der Waals surface area contributed by atoms with Gasteiger partial charge >= 0.3 is 0 Å². The zero-order valence-electron chi connectivity index (χ0n) is 8.78. The van der Waals surface area contributed by atoms with Gasteiger partial charge in [0, 0.05) is 6.04 Å². The molecule has 0 bridgehead atoms. The molecule has 1 saturated heterocycles. The summed E-state index contributed by atoms with van der Waals surface area (Å²) in [6, 6.07) is -0.946. The summed E-state index contributed by atoms with van der Waals surface area (Å²) in [6.45, 7) is 8.89. The summed E-state index contributed by atoms with van der Waals surface area (Å²) in [6.07, 6.45) is 1.67. The van der Waals surface area contributed by atoms with Crippen molar-refractivity contribution in [2.24, 2.45) is 0 Å². The first-order valence-corrected chi connectivity index (χ1v) is 4.74. The fraction of sp³-hybridized carbons (Fsp3) is 0.600. The largest absolute Gasteiger partial charge is 0.343 e. The molecular weight excluding hydrogens is 180 g/mol. The number of hydrogen-bond acceptors (Lipinski definition) is 2.